The lowest BCUT2D eigenvalue weighted by atomic mass is 10.1. The first-order chi connectivity index (χ1) is 7.26. The molecule has 0 saturated heterocycles. The summed E-state index contributed by atoms with van der Waals surface area (Å²) < 4.78 is 0. The van der Waals surface area contributed by atoms with E-state index < -0.39 is 0 Å². The van der Waals surface area contributed by atoms with Gasteiger partial charge in [-0.15, -0.1) is 0 Å². The van der Waals surface area contributed by atoms with Crippen molar-refractivity contribution in [3.63, 3.8) is 0 Å². The van der Waals surface area contributed by atoms with Crippen molar-refractivity contribution in [1.29, 1.82) is 0 Å². The van der Waals surface area contributed by atoms with Crippen molar-refractivity contribution in [2.75, 3.05) is 7.11 Å². The Morgan fingerprint density at radius 1 is 1.27 bits per heavy atom. The molecule has 1 aromatic carbocycles. The van der Waals surface area contributed by atoms with Crippen LogP contribution in [-0.4, -0.2) is 13.0 Å². The van der Waals surface area contributed by atoms with Crippen LogP contribution in [0.25, 0.3) is 0 Å². The van der Waals surface area contributed by atoms with Gasteiger partial charge in [0.25, 0.3) is 0 Å². The normalized spacial score (nSPS) is 10.0. The molecular weight excluding hydrogens is 190 g/mol. The Balaban J connectivity index is 2.40. The molecule has 0 heterocycles. The molecule has 3 heteroatoms. The molecule has 82 valence electrons. The highest BCUT2D eigenvalue weighted by Gasteiger charge is 2.00. The highest BCUT2D eigenvalue weighted by Crippen LogP contribution is 2.07. The third kappa shape index (κ3) is 4.13. The molecule has 1 rings (SSSR count). The first-order valence-electron chi connectivity index (χ1n) is 5.16. The number of aryl methyl sites for hydroxylation is 2. The van der Waals surface area contributed by atoms with Gasteiger partial charge in [-0.25, -0.2) is 5.48 Å². The molecular formula is C12H17NO2. The second-order valence-electron chi connectivity index (χ2n) is 3.40. The van der Waals surface area contributed by atoms with E-state index in [2.05, 4.69) is 41.5 Å². The van der Waals surface area contributed by atoms with Gasteiger partial charge in [0.1, 0.15) is 0 Å². The maximum Gasteiger partial charge on any atom is 0.243 e. The van der Waals surface area contributed by atoms with Crippen LogP contribution in [0.1, 0.15) is 24.5 Å². The maximum atomic E-state index is 11.1. The van der Waals surface area contributed by atoms with Crippen molar-refractivity contribution >= 4 is 5.91 Å². The summed E-state index contributed by atoms with van der Waals surface area (Å²) in [5, 5.41) is 0. The zero-order valence-corrected chi connectivity index (χ0v) is 9.25. The topological polar surface area (TPSA) is 38.3 Å². The molecule has 3 nitrogen and oxygen atoms in total. The van der Waals surface area contributed by atoms with Gasteiger partial charge < -0.3 is 0 Å². The quantitative estimate of drug-likeness (QED) is 0.748. The Morgan fingerprint density at radius 3 is 2.40 bits per heavy atom. The van der Waals surface area contributed by atoms with Gasteiger partial charge >= 0.3 is 0 Å². The average molecular weight is 207 g/mol. The van der Waals surface area contributed by atoms with Crippen molar-refractivity contribution in [3.8, 4) is 0 Å². The second-order valence-corrected chi connectivity index (χ2v) is 3.40. The van der Waals surface area contributed by atoms with Gasteiger partial charge in [0, 0.05) is 6.42 Å². The summed E-state index contributed by atoms with van der Waals surface area (Å²) in [7, 11) is 1.44. The van der Waals surface area contributed by atoms with Crippen molar-refractivity contribution < 1.29 is 9.63 Å². The largest absolute Gasteiger partial charge is 0.277 e. The van der Waals surface area contributed by atoms with Gasteiger partial charge in [-0.1, -0.05) is 31.2 Å². The summed E-state index contributed by atoms with van der Waals surface area (Å²) in [5.74, 6) is -0.0860. The predicted octanol–water partition coefficient (Wildman–Crippen LogP) is 1.86. The van der Waals surface area contributed by atoms with Gasteiger partial charge in [-0.3, -0.25) is 9.63 Å². The van der Waals surface area contributed by atoms with E-state index in [1.807, 2.05) is 0 Å². The van der Waals surface area contributed by atoms with Crippen LogP contribution in [0.4, 0.5) is 0 Å². The lowest BCUT2D eigenvalue weighted by Crippen LogP contribution is -2.21. The van der Waals surface area contributed by atoms with Crippen LogP contribution < -0.4 is 5.48 Å². The van der Waals surface area contributed by atoms with Gasteiger partial charge in [0.15, 0.2) is 0 Å². The van der Waals surface area contributed by atoms with Crippen LogP contribution in [0.3, 0.4) is 0 Å². The molecule has 0 aliphatic heterocycles. The average Bonchev–Trinajstić information content (AvgIpc) is 2.27. The van der Waals surface area contributed by atoms with Crippen LogP contribution in [0.5, 0.6) is 0 Å². The zero-order valence-electron chi connectivity index (χ0n) is 9.25. The van der Waals surface area contributed by atoms with Crippen LogP contribution in [0.2, 0.25) is 0 Å². The number of hydroxylamine groups is 1. The van der Waals surface area contributed by atoms with Gasteiger partial charge in [0.05, 0.1) is 7.11 Å². The van der Waals surface area contributed by atoms with Crippen molar-refractivity contribution in [1.82, 2.24) is 5.48 Å². The molecule has 0 spiro atoms. The standard InChI is InChI=1S/C12H17NO2/c1-3-10-4-6-11(7-5-10)8-9-12(14)13-15-2/h4-7H,3,8-9H2,1-2H3,(H,13,14). The molecule has 0 unspecified atom stereocenters. The fraction of sp³-hybridized carbons (Fsp3) is 0.417. The van der Waals surface area contributed by atoms with Crippen LogP contribution in [0, 0.1) is 0 Å². The summed E-state index contributed by atoms with van der Waals surface area (Å²) in [4.78, 5) is 15.6. The monoisotopic (exact) mass is 207 g/mol. The summed E-state index contributed by atoms with van der Waals surface area (Å²) in [6.07, 6.45) is 2.25. The molecule has 1 N–H and O–H groups in total. The Labute approximate surface area is 90.4 Å². The fourth-order valence-corrected chi connectivity index (χ4v) is 1.36. The Bertz CT molecular complexity index is 306. The number of amides is 1. The van der Waals surface area contributed by atoms with Crippen LogP contribution in [-0.2, 0) is 22.5 Å². The van der Waals surface area contributed by atoms with Crippen LogP contribution in [0.15, 0.2) is 24.3 Å². The number of hydrogen-bond acceptors (Lipinski definition) is 2. The molecule has 0 aliphatic carbocycles. The minimum Gasteiger partial charge on any atom is -0.277 e. The number of carbonyl (C=O) groups is 1. The van der Waals surface area contributed by atoms with E-state index in [1.54, 1.807) is 0 Å². The van der Waals surface area contributed by atoms with Gasteiger partial charge in [-0.05, 0) is 24.0 Å². The molecule has 1 aromatic rings. The summed E-state index contributed by atoms with van der Waals surface area (Å²) in [5.41, 5.74) is 4.80. The summed E-state index contributed by atoms with van der Waals surface area (Å²) >= 11 is 0. The molecule has 0 aromatic heterocycles. The molecule has 0 atom stereocenters. The molecule has 0 bridgehead atoms. The van der Waals surface area contributed by atoms with E-state index in [-0.39, 0.29) is 5.91 Å². The molecule has 0 radical (unpaired) electrons. The van der Waals surface area contributed by atoms with E-state index in [0.717, 1.165) is 12.8 Å². The van der Waals surface area contributed by atoms with Crippen LogP contribution >= 0.6 is 0 Å². The van der Waals surface area contributed by atoms with E-state index in [4.69, 9.17) is 0 Å². The Kier molecular flexibility index (Phi) is 4.84. The molecule has 0 fully saturated rings. The fourth-order valence-electron chi connectivity index (χ4n) is 1.36. The highest BCUT2D eigenvalue weighted by atomic mass is 16.6. The van der Waals surface area contributed by atoms with E-state index in [1.165, 1.54) is 18.2 Å². The predicted molar refractivity (Wildman–Crippen MR) is 59.3 cm³/mol. The third-order valence-electron chi connectivity index (χ3n) is 2.29. The summed E-state index contributed by atoms with van der Waals surface area (Å²) in [6, 6.07) is 8.34. The number of rotatable bonds is 5. The Hall–Kier alpha value is -1.35. The number of nitrogens with one attached hydrogen (secondary N) is 1. The van der Waals surface area contributed by atoms with Crippen molar-refractivity contribution in [2.24, 2.45) is 0 Å². The molecule has 0 aliphatic rings. The van der Waals surface area contributed by atoms with Gasteiger partial charge in [0.2, 0.25) is 5.91 Å². The lowest BCUT2D eigenvalue weighted by Gasteiger charge is -2.03. The maximum absolute atomic E-state index is 11.1. The molecule has 1 amide bonds. The lowest BCUT2D eigenvalue weighted by molar-refractivity contribution is -0.131. The number of benzene rings is 1. The first kappa shape index (κ1) is 11.7. The zero-order chi connectivity index (χ0) is 11.1. The highest BCUT2D eigenvalue weighted by molar-refractivity contribution is 5.74. The number of hydrogen-bond donors (Lipinski definition) is 1. The third-order valence-corrected chi connectivity index (χ3v) is 2.29. The van der Waals surface area contributed by atoms with Crippen molar-refractivity contribution in [2.45, 2.75) is 26.2 Å². The van der Waals surface area contributed by atoms with Crippen molar-refractivity contribution in [3.05, 3.63) is 35.4 Å². The van der Waals surface area contributed by atoms with E-state index in [0.29, 0.717) is 6.42 Å². The van der Waals surface area contributed by atoms with Gasteiger partial charge in [-0.2, -0.15) is 0 Å². The summed E-state index contributed by atoms with van der Waals surface area (Å²) in [6.45, 7) is 2.13. The smallest absolute Gasteiger partial charge is 0.243 e. The Morgan fingerprint density at radius 2 is 1.87 bits per heavy atom. The molecule has 0 saturated carbocycles. The minimum absolute atomic E-state index is 0.0860. The minimum atomic E-state index is -0.0860. The second kappa shape index (κ2) is 6.19. The molecule has 15 heavy (non-hydrogen) atoms. The van der Waals surface area contributed by atoms with E-state index in [9.17, 15) is 4.79 Å². The SMILES string of the molecule is CCc1ccc(CCC(=O)NOC)cc1. The number of carbonyl (C=O) groups excluding carboxylic acids is 1. The van der Waals surface area contributed by atoms with E-state index >= 15 is 0 Å². The first-order valence-corrected chi connectivity index (χ1v) is 5.16.